The molecule has 0 amide bonds. The average molecular weight is 468 g/mol. The molecule has 0 aromatic carbocycles. The maximum Gasteiger partial charge on any atom is 0.311 e. The van der Waals surface area contributed by atoms with Crippen molar-refractivity contribution in [2.75, 3.05) is 26.8 Å². The third kappa shape index (κ3) is 3.67. The molecule has 0 radical (unpaired) electrons. The summed E-state index contributed by atoms with van der Waals surface area (Å²) in [7, 11) is 2.16. The zero-order valence-corrected chi connectivity index (χ0v) is 21.1. The SMILES string of the molecule is CCOC(=O)[C@@H]1C2(CCCCCC2)N(C)C[C@@]12[C@@H]([C@@H]1COC(C)(C)O1)O[C@@H]1OC(C)(C)O[C@@H]12. The smallest absolute Gasteiger partial charge is 0.311 e. The standard InChI is InChI=1S/C25H41NO7/c1-7-28-20(27)17-24(12-10-8-9-11-13-24)26(6)15-25(17)18(16-14-29-22(2,3)31-16)30-21-19(25)32-23(4,5)33-21/h16-19,21H,7-15H2,1-6H3/t16-,17+,18+,19-,21+,25-/m0/s1. The van der Waals surface area contributed by atoms with E-state index in [0.29, 0.717) is 19.8 Å². The summed E-state index contributed by atoms with van der Waals surface area (Å²) in [5, 5.41) is 0. The number of carbonyl (C=O) groups excluding carboxylic acids is 1. The van der Waals surface area contributed by atoms with Crippen molar-refractivity contribution in [1.82, 2.24) is 4.90 Å². The van der Waals surface area contributed by atoms with E-state index in [1.807, 2.05) is 34.6 Å². The highest BCUT2D eigenvalue weighted by atomic mass is 16.8. The van der Waals surface area contributed by atoms with Crippen molar-refractivity contribution in [2.24, 2.45) is 11.3 Å². The van der Waals surface area contributed by atoms with Gasteiger partial charge >= 0.3 is 5.97 Å². The molecule has 5 fully saturated rings. The van der Waals surface area contributed by atoms with Crippen LogP contribution in [0.1, 0.15) is 73.1 Å². The highest BCUT2D eigenvalue weighted by Crippen LogP contribution is 2.63. The van der Waals surface area contributed by atoms with E-state index in [4.69, 9.17) is 28.4 Å². The second-order valence-corrected chi connectivity index (χ2v) is 11.5. The molecule has 0 aromatic heterocycles. The van der Waals surface area contributed by atoms with Gasteiger partial charge in [-0.05, 0) is 54.5 Å². The van der Waals surface area contributed by atoms with Crippen LogP contribution in [-0.2, 0) is 33.2 Å². The minimum absolute atomic E-state index is 0.149. The Balaban J connectivity index is 1.63. The summed E-state index contributed by atoms with van der Waals surface area (Å²) >= 11 is 0. The van der Waals surface area contributed by atoms with Crippen molar-refractivity contribution >= 4 is 5.97 Å². The number of fused-ring (bicyclic) bond motifs is 2. The molecule has 4 heterocycles. The molecule has 1 saturated carbocycles. The summed E-state index contributed by atoms with van der Waals surface area (Å²) in [4.78, 5) is 16.3. The molecule has 0 N–H and O–H groups in total. The van der Waals surface area contributed by atoms with Crippen LogP contribution in [0.5, 0.6) is 0 Å². The van der Waals surface area contributed by atoms with Crippen LogP contribution in [0.2, 0.25) is 0 Å². The van der Waals surface area contributed by atoms with E-state index in [2.05, 4.69) is 11.9 Å². The number of rotatable bonds is 3. The van der Waals surface area contributed by atoms with Gasteiger partial charge in [0.2, 0.25) is 0 Å². The Bertz CT molecular complexity index is 762. The topological polar surface area (TPSA) is 75.7 Å². The lowest BCUT2D eigenvalue weighted by Crippen LogP contribution is -2.58. The van der Waals surface area contributed by atoms with E-state index >= 15 is 0 Å². The molecule has 8 nitrogen and oxygen atoms in total. The van der Waals surface area contributed by atoms with Crippen molar-refractivity contribution < 1.29 is 33.2 Å². The Labute approximate surface area is 197 Å². The zero-order valence-electron chi connectivity index (χ0n) is 21.1. The fourth-order valence-electron chi connectivity index (χ4n) is 7.49. The van der Waals surface area contributed by atoms with Gasteiger partial charge in [-0.2, -0.15) is 0 Å². The summed E-state index contributed by atoms with van der Waals surface area (Å²) < 4.78 is 37.4. The van der Waals surface area contributed by atoms with Crippen molar-refractivity contribution in [3.05, 3.63) is 0 Å². The summed E-state index contributed by atoms with van der Waals surface area (Å²) in [5.74, 6) is -2.02. The lowest BCUT2D eigenvalue weighted by molar-refractivity contribution is -0.241. The molecule has 5 rings (SSSR count). The Kier molecular flexibility index (Phi) is 5.90. The van der Waals surface area contributed by atoms with E-state index in [-0.39, 0.29) is 23.7 Å². The van der Waals surface area contributed by atoms with Gasteiger partial charge in [-0.25, -0.2) is 0 Å². The molecule has 0 bridgehead atoms. The number of carbonyl (C=O) groups is 1. The van der Waals surface area contributed by atoms with Gasteiger partial charge in [-0.15, -0.1) is 0 Å². The Hall–Kier alpha value is -0.770. The fourth-order valence-corrected chi connectivity index (χ4v) is 7.49. The quantitative estimate of drug-likeness (QED) is 0.586. The predicted octanol–water partition coefficient (Wildman–Crippen LogP) is 3.22. The van der Waals surface area contributed by atoms with Gasteiger partial charge in [0.15, 0.2) is 17.9 Å². The zero-order chi connectivity index (χ0) is 23.6. The number of likely N-dealkylation sites (tertiary alicyclic amines) is 1. The number of hydrogen-bond donors (Lipinski definition) is 0. The average Bonchev–Trinajstić information content (AvgIpc) is 3.31. The van der Waals surface area contributed by atoms with Crippen LogP contribution in [-0.4, -0.2) is 79.4 Å². The third-order valence-electron chi connectivity index (χ3n) is 8.60. The molecule has 8 heteroatoms. The first-order valence-electron chi connectivity index (χ1n) is 12.8. The molecule has 6 atom stereocenters. The first-order valence-corrected chi connectivity index (χ1v) is 12.8. The number of ether oxygens (including phenoxy) is 6. The lowest BCUT2D eigenvalue weighted by Gasteiger charge is -2.44. The highest BCUT2D eigenvalue weighted by Gasteiger charge is 2.77. The summed E-state index contributed by atoms with van der Waals surface area (Å²) in [5.41, 5.74) is -0.942. The first-order chi connectivity index (χ1) is 15.5. The largest absolute Gasteiger partial charge is 0.466 e. The van der Waals surface area contributed by atoms with Gasteiger partial charge in [0, 0.05) is 12.1 Å². The molecule has 33 heavy (non-hydrogen) atoms. The molecule has 5 aliphatic rings. The summed E-state index contributed by atoms with van der Waals surface area (Å²) in [6.45, 7) is 11.0. The summed E-state index contributed by atoms with van der Waals surface area (Å²) in [6, 6.07) is 0. The normalized spacial score (nSPS) is 43.8. The van der Waals surface area contributed by atoms with Crippen LogP contribution in [0.25, 0.3) is 0 Å². The van der Waals surface area contributed by atoms with Crippen molar-refractivity contribution in [3.63, 3.8) is 0 Å². The molecule has 4 aliphatic heterocycles. The second-order valence-electron chi connectivity index (χ2n) is 11.5. The molecule has 0 aromatic rings. The Morgan fingerprint density at radius 3 is 2.27 bits per heavy atom. The van der Waals surface area contributed by atoms with Crippen molar-refractivity contribution in [2.45, 2.75) is 115 Å². The van der Waals surface area contributed by atoms with Gasteiger partial charge in [-0.1, -0.05) is 25.7 Å². The Morgan fingerprint density at radius 1 is 0.970 bits per heavy atom. The Morgan fingerprint density at radius 2 is 1.67 bits per heavy atom. The van der Waals surface area contributed by atoms with Crippen molar-refractivity contribution in [3.8, 4) is 0 Å². The molecular formula is C25H41NO7. The van der Waals surface area contributed by atoms with Gasteiger partial charge in [0.1, 0.15) is 12.2 Å². The number of hydrogen-bond acceptors (Lipinski definition) is 8. The van der Waals surface area contributed by atoms with E-state index in [9.17, 15) is 4.79 Å². The third-order valence-corrected chi connectivity index (χ3v) is 8.60. The lowest BCUT2D eigenvalue weighted by atomic mass is 9.62. The minimum atomic E-state index is -0.781. The van der Waals surface area contributed by atoms with Gasteiger partial charge in [0.25, 0.3) is 0 Å². The van der Waals surface area contributed by atoms with E-state index in [1.165, 1.54) is 12.8 Å². The number of esters is 1. The van der Waals surface area contributed by atoms with Gasteiger partial charge in [-0.3, -0.25) is 9.69 Å². The predicted molar refractivity (Wildman–Crippen MR) is 119 cm³/mol. The molecule has 2 spiro atoms. The highest BCUT2D eigenvalue weighted by molar-refractivity contribution is 5.76. The summed E-state index contributed by atoms with van der Waals surface area (Å²) in [6.07, 6.45) is 4.90. The molecular weight excluding hydrogens is 426 g/mol. The molecule has 4 saturated heterocycles. The van der Waals surface area contributed by atoms with Crippen LogP contribution in [0.15, 0.2) is 0 Å². The van der Waals surface area contributed by atoms with Crippen LogP contribution >= 0.6 is 0 Å². The fraction of sp³-hybridized carbons (Fsp3) is 0.960. The second kappa shape index (κ2) is 8.14. The van der Waals surface area contributed by atoms with Gasteiger partial charge in [0.05, 0.1) is 30.7 Å². The molecule has 188 valence electrons. The van der Waals surface area contributed by atoms with E-state index < -0.39 is 35.3 Å². The number of nitrogens with zero attached hydrogens (tertiary/aromatic N) is 1. The first kappa shape index (κ1) is 23.9. The van der Waals surface area contributed by atoms with Crippen molar-refractivity contribution in [1.29, 1.82) is 0 Å². The maximum atomic E-state index is 13.9. The molecule has 1 aliphatic carbocycles. The van der Waals surface area contributed by atoms with Gasteiger partial charge < -0.3 is 28.4 Å². The minimum Gasteiger partial charge on any atom is -0.466 e. The van der Waals surface area contributed by atoms with E-state index in [0.717, 1.165) is 25.7 Å². The van der Waals surface area contributed by atoms with E-state index in [1.54, 1.807) is 0 Å². The monoisotopic (exact) mass is 467 g/mol. The van der Waals surface area contributed by atoms with Crippen LogP contribution in [0.3, 0.4) is 0 Å². The maximum absolute atomic E-state index is 13.9. The van der Waals surface area contributed by atoms with Crippen LogP contribution < -0.4 is 0 Å². The molecule has 0 unspecified atom stereocenters. The van der Waals surface area contributed by atoms with Crippen LogP contribution in [0.4, 0.5) is 0 Å². The van der Waals surface area contributed by atoms with Crippen LogP contribution in [0, 0.1) is 11.3 Å².